The molecule has 110 valence electrons. The fraction of sp³-hybridized carbons (Fsp3) is 0.267. The highest BCUT2D eigenvalue weighted by molar-refractivity contribution is 5.92. The first kappa shape index (κ1) is 14.8. The summed E-state index contributed by atoms with van der Waals surface area (Å²) in [7, 11) is 1.38. The van der Waals surface area contributed by atoms with Gasteiger partial charge in [-0.1, -0.05) is 18.2 Å². The number of nitrogens with zero attached hydrogens (tertiary/aromatic N) is 2. The molecule has 1 aliphatic heterocycles. The summed E-state index contributed by atoms with van der Waals surface area (Å²) in [6, 6.07) is 4.58. The molecule has 2 rings (SSSR count). The molecule has 0 radical (unpaired) electrons. The maximum absolute atomic E-state index is 12.0. The molecule has 1 amide bonds. The Balaban J connectivity index is 2.13. The first-order chi connectivity index (χ1) is 10.1. The number of carbonyl (C=O) groups is 1. The van der Waals surface area contributed by atoms with Crippen molar-refractivity contribution >= 4 is 17.7 Å². The molecule has 1 aromatic carbocycles. The minimum atomic E-state index is -0.507. The second-order valence-corrected chi connectivity index (χ2v) is 4.57. The Labute approximate surface area is 122 Å². The number of hydrogen-bond acceptors (Lipinski definition) is 4. The predicted octanol–water partition coefficient (Wildman–Crippen LogP) is 2.41. The molecule has 1 aromatic rings. The number of nitro benzene ring substituents is 1. The van der Waals surface area contributed by atoms with Crippen molar-refractivity contribution in [2.24, 2.45) is 0 Å². The van der Waals surface area contributed by atoms with E-state index in [0.717, 1.165) is 6.42 Å². The Morgan fingerprint density at radius 1 is 1.43 bits per heavy atom. The van der Waals surface area contributed by atoms with E-state index in [-0.39, 0.29) is 17.3 Å². The molecular formula is C15H16N2O4. The van der Waals surface area contributed by atoms with Gasteiger partial charge >= 0.3 is 5.69 Å². The van der Waals surface area contributed by atoms with Crippen LogP contribution in [-0.4, -0.2) is 35.9 Å². The summed E-state index contributed by atoms with van der Waals surface area (Å²) >= 11 is 0. The Bertz CT molecular complexity index is 608. The van der Waals surface area contributed by atoms with E-state index in [0.29, 0.717) is 18.7 Å². The first-order valence-corrected chi connectivity index (χ1v) is 6.56. The second kappa shape index (κ2) is 6.69. The molecule has 0 saturated carbocycles. The third-order valence-electron chi connectivity index (χ3n) is 3.19. The third-order valence-corrected chi connectivity index (χ3v) is 3.19. The lowest BCUT2D eigenvalue weighted by atomic mass is 10.1. The van der Waals surface area contributed by atoms with E-state index in [1.54, 1.807) is 17.0 Å². The van der Waals surface area contributed by atoms with Gasteiger partial charge < -0.3 is 9.64 Å². The van der Waals surface area contributed by atoms with Gasteiger partial charge in [0.2, 0.25) is 5.91 Å². The van der Waals surface area contributed by atoms with E-state index in [1.807, 2.05) is 12.2 Å². The smallest absolute Gasteiger partial charge is 0.311 e. The maximum Gasteiger partial charge on any atom is 0.311 e. The van der Waals surface area contributed by atoms with Crippen LogP contribution in [0.15, 0.2) is 36.4 Å². The predicted molar refractivity (Wildman–Crippen MR) is 79.0 cm³/mol. The van der Waals surface area contributed by atoms with E-state index in [2.05, 4.69) is 0 Å². The summed E-state index contributed by atoms with van der Waals surface area (Å²) in [5.41, 5.74) is 0.469. The van der Waals surface area contributed by atoms with Gasteiger partial charge in [0.05, 0.1) is 12.0 Å². The summed E-state index contributed by atoms with van der Waals surface area (Å²) in [6.45, 7) is 1.30. The van der Waals surface area contributed by atoms with Crippen LogP contribution in [0.25, 0.3) is 6.08 Å². The third kappa shape index (κ3) is 3.68. The quantitative estimate of drug-likeness (QED) is 0.369. The first-order valence-electron chi connectivity index (χ1n) is 6.56. The van der Waals surface area contributed by atoms with Crippen LogP contribution in [0.2, 0.25) is 0 Å². The van der Waals surface area contributed by atoms with E-state index in [1.165, 1.54) is 25.3 Å². The average molecular weight is 288 g/mol. The van der Waals surface area contributed by atoms with Gasteiger partial charge in [-0.05, 0) is 24.1 Å². The van der Waals surface area contributed by atoms with Crippen LogP contribution in [0, 0.1) is 10.1 Å². The van der Waals surface area contributed by atoms with Gasteiger partial charge in [0.25, 0.3) is 0 Å². The molecule has 0 N–H and O–H groups in total. The molecule has 21 heavy (non-hydrogen) atoms. The summed E-state index contributed by atoms with van der Waals surface area (Å²) in [6.07, 6.45) is 7.86. The van der Waals surface area contributed by atoms with E-state index < -0.39 is 4.92 Å². The molecule has 0 aromatic heterocycles. The number of hydrogen-bond donors (Lipinski definition) is 0. The van der Waals surface area contributed by atoms with Crippen LogP contribution in [0.4, 0.5) is 5.69 Å². The van der Waals surface area contributed by atoms with Crippen LogP contribution in [0.3, 0.4) is 0 Å². The standard InChI is InChI=1S/C15H16N2O4/c1-21-14-7-5-12(11-13(14)17(19)20)6-8-15(18)16-9-3-2-4-10-16/h2-3,5-8,11H,4,9-10H2,1H3/b8-6+. The van der Waals surface area contributed by atoms with Crippen LogP contribution >= 0.6 is 0 Å². The van der Waals surface area contributed by atoms with Crippen molar-refractivity contribution in [2.45, 2.75) is 6.42 Å². The van der Waals surface area contributed by atoms with Crippen molar-refractivity contribution in [1.29, 1.82) is 0 Å². The van der Waals surface area contributed by atoms with Crippen LogP contribution < -0.4 is 4.74 Å². The van der Waals surface area contributed by atoms with E-state index in [4.69, 9.17) is 4.74 Å². The normalized spacial score (nSPS) is 14.4. The summed E-state index contributed by atoms with van der Waals surface area (Å²) in [5.74, 6) is 0.0995. The minimum absolute atomic E-state index is 0.0992. The Morgan fingerprint density at radius 3 is 2.86 bits per heavy atom. The number of benzene rings is 1. The fourth-order valence-electron chi connectivity index (χ4n) is 2.07. The molecule has 0 unspecified atom stereocenters. The van der Waals surface area contributed by atoms with Crippen LogP contribution in [0.1, 0.15) is 12.0 Å². The van der Waals surface area contributed by atoms with E-state index >= 15 is 0 Å². The van der Waals surface area contributed by atoms with Crippen LogP contribution in [0.5, 0.6) is 5.75 Å². The zero-order chi connectivity index (χ0) is 15.2. The number of ether oxygens (including phenoxy) is 1. The summed E-state index contributed by atoms with van der Waals surface area (Å²) < 4.78 is 4.93. The molecule has 1 aliphatic rings. The zero-order valence-electron chi connectivity index (χ0n) is 11.7. The van der Waals surface area contributed by atoms with Gasteiger partial charge in [-0.15, -0.1) is 0 Å². The van der Waals surface area contributed by atoms with Crippen molar-refractivity contribution in [2.75, 3.05) is 20.2 Å². The Hall–Kier alpha value is -2.63. The minimum Gasteiger partial charge on any atom is -0.490 e. The van der Waals surface area contributed by atoms with Gasteiger partial charge in [0.1, 0.15) is 0 Å². The van der Waals surface area contributed by atoms with Gasteiger partial charge in [-0.2, -0.15) is 0 Å². The van der Waals surface area contributed by atoms with Gasteiger partial charge in [0, 0.05) is 25.2 Å². The van der Waals surface area contributed by atoms with Crippen molar-refractivity contribution in [3.63, 3.8) is 0 Å². The monoisotopic (exact) mass is 288 g/mol. The lowest BCUT2D eigenvalue weighted by Gasteiger charge is -2.21. The molecule has 0 atom stereocenters. The van der Waals surface area contributed by atoms with Crippen molar-refractivity contribution < 1.29 is 14.5 Å². The van der Waals surface area contributed by atoms with Crippen molar-refractivity contribution in [1.82, 2.24) is 4.90 Å². The molecule has 0 bridgehead atoms. The van der Waals surface area contributed by atoms with E-state index in [9.17, 15) is 14.9 Å². The number of rotatable bonds is 4. The number of amides is 1. The molecular weight excluding hydrogens is 272 g/mol. The molecule has 6 heteroatoms. The second-order valence-electron chi connectivity index (χ2n) is 4.57. The molecule has 6 nitrogen and oxygen atoms in total. The molecule has 0 saturated heterocycles. The summed E-state index contributed by atoms with van der Waals surface area (Å²) in [5, 5.41) is 10.9. The van der Waals surface area contributed by atoms with Gasteiger partial charge in [-0.3, -0.25) is 14.9 Å². The Kier molecular flexibility index (Phi) is 4.71. The molecule has 0 fully saturated rings. The summed E-state index contributed by atoms with van der Waals surface area (Å²) in [4.78, 5) is 24.1. The average Bonchev–Trinajstić information content (AvgIpc) is 2.53. The molecule has 0 aliphatic carbocycles. The van der Waals surface area contributed by atoms with Crippen molar-refractivity contribution in [3.8, 4) is 5.75 Å². The largest absolute Gasteiger partial charge is 0.490 e. The molecule has 0 spiro atoms. The highest BCUT2D eigenvalue weighted by Crippen LogP contribution is 2.27. The highest BCUT2D eigenvalue weighted by Gasteiger charge is 2.15. The Morgan fingerprint density at radius 2 is 2.24 bits per heavy atom. The number of nitro groups is 1. The molecule has 1 heterocycles. The lowest BCUT2D eigenvalue weighted by molar-refractivity contribution is -0.385. The fourth-order valence-corrected chi connectivity index (χ4v) is 2.07. The van der Waals surface area contributed by atoms with Gasteiger partial charge in [0.15, 0.2) is 5.75 Å². The highest BCUT2D eigenvalue weighted by atomic mass is 16.6. The van der Waals surface area contributed by atoms with Crippen molar-refractivity contribution in [3.05, 3.63) is 52.1 Å². The topological polar surface area (TPSA) is 72.7 Å². The van der Waals surface area contributed by atoms with Crippen LogP contribution in [-0.2, 0) is 4.79 Å². The number of carbonyl (C=O) groups excluding carboxylic acids is 1. The number of methoxy groups -OCH3 is 1. The maximum atomic E-state index is 12.0. The van der Waals surface area contributed by atoms with Gasteiger partial charge in [-0.25, -0.2) is 0 Å². The SMILES string of the molecule is COc1ccc(/C=C/C(=O)N2CC=CCC2)cc1[N+](=O)[O-]. The lowest BCUT2D eigenvalue weighted by Crippen LogP contribution is -2.32. The zero-order valence-corrected chi connectivity index (χ0v) is 11.7.